The van der Waals surface area contributed by atoms with Crippen molar-refractivity contribution in [1.82, 2.24) is 0 Å². The molecule has 0 fully saturated rings. The van der Waals surface area contributed by atoms with Gasteiger partial charge in [0, 0.05) is 25.4 Å². The first-order valence-electron chi connectivity index (χ1n) is 6.29. The molecule has 2 rings (SSSR count). The third-order valence-corrected chi connectivity index (χ3v) is 5.14. The summed E-state index contributed by atoms with van der Waals surface area (Å²) in [6.07, 6.45) is 1.49. The van der Waals surface area contributed by atoms with Crippen molar-refractivity contribution in [2.24, 2.45) is 0 Å². The molecule has 1 aliphatic rings. The molecule has 0 N–H and O–H groups in total. The SMILES string of the molecule is CC1=C([N+](=O)[O-])CS(=O)(=O)/C1=C\c1ccc(N(C)C)cc1. The minimum atomic E-state index is -3.62. The Bertz CT molecular complexity index is 744. The van der Waals surface area contributed by atoms with Crippen LogP contribution in [0, 0.1) is 10.1 Å². The maximum Gasteiger partial charge on any atom is 0.265 e. The minimum Gasteiger partial charge on any atom is -0.378 e. The van der Waals surface area contributed by atoms with Crippen LogP contribution in [0.15, 0.2) is 40.4 Å². The van der Waals surface area contributed by atoms with Gasteiger partial charge in [-0.1, -0.05) is 12.1 Å². The first-order chi connectivity index (χ1) is 9.72. The average molecular weight is 308 g/mol. The zero-order valence-corrected chi connectivity index (χ0v) is 12.8. The molecule has 0 aliphatic carbocycles. The number of hydrogen-bond donors (Lipinski definition) is 0. The van der Waals surface area contributed by atoms with Crippen molar-refractivity contribution in [2.75, 3.05) is 24.7 Å². The van der Waals surface area contributed by atoms with Gasteiger partial charge >= 0.3 is 0 Å². The lowest BCUT2D eigenvalue weighted by molar-refractivity contribution is -0.424. The van der Waals surface area contributed by atoms with Crippen molar-refractivity contribution in [3.8, 4) is 0 Å². The summed E-state index contributed by atoms with van der Waals surface area (Å²) in [5.41, 5.74) is 1.66. The van der Waals surface area contributed by atoms with Crippen LogP contribution in [0.1, 0.15) is 12.5 Å². The van der Waals surface area contributed by atoms with Crippen LogP contribution in [-0.2, 0) is 9.84 Å². The Morgan fingerprint density at radius 2 is 1.81 bits per heavy atom. The second-order valence-corrected chi connectivity index (χ2v) is 7.04. The van der Waals surface area contributed by atoms with E-state index in [1.165, 1.54) is 13.0 Å². The summed E-state index contributed by atoms with van der Waals surface area (Å²) in [6.45, 7) is 1.47. The molecule has 0 saturated heterocycles. The zero-order valence-electron chi connectivity index (χ0n) is 12.0. The molecule has 112 valence electrons. The first-order valence-corrected chi connectivity index (χ1v) is 7.94. The molecule has 0 atom stereocenters. The van der Waals surface area contributed by atoms with Crippen LogP contribution in [-0.4, -0.2) is 33.2 Å². The summed E-state index contributed by atoms with van der Waals surface area (Å²) in [6, 6.07) is 7.30. The lowest BCUT2D eigenvalue weighted by atomic mass is 10.1. The van der Waals surface area contributed by atoms with Gasteiger partial charge < -0.3 is 4.90 Å². The van der Waals surface area contributed by atoms with E-state index in [1.54, 1.807) is 12.1 Å². The monoisotopic (exact) mass is 308 g/mol. The van der Waals surface area contributed by atoms with Gasteiger partial charge in [-0.25, -0.2) is 8.42 Å². The van der Waals surface area contributed by atoms with Crippen LogP contribution in [0.2, 0.25) is 0 Å². The Balaban J connectivity index is 2.46. The Labute approximate surface area is 123 Å². The summed E-state index contributed by atoms with van der Waals surface area (Å²) in [5.74, 6) is -0.534. The molecule has 0 bridgehead atoms. The Hall–Kier alpha value is -2.15. The fraction of sp³-hybridized carbons (Fsp3) is 0.286. The van der Waals surface area contributed by atoms with Gasteiger partial charge in [-0.15, -0.1) is 0 Å². The largest absolute Gasteiger partial charge is 0.378 e. The fourth-order valence-electron chi connectivity index (χ4n) is 2.15. The highest BCUT2D eigenvalue weighted by molar-refractivity contribution is 7.96. The van der Waals surface area contributed by atoms with E-state index in [-0.39, 0.29) is 16.2 Å². The summed E-state index contributed by atoms with van der Waals surface area (Å²) < 4.78 is 24.1. The molecule has 1 aromatic carbocycles. The maximum absolute atomic E-state index is 12.0. The molecule has 6 nitrogen and oxygen atoms in total. The number of nitro groups is 1. The number of nitrogens with zero attached hydrogens (tertiary/aromatic N) is 2. The molecule has 0 saturated carbocycles. The molecule has 1 aromatic rings. The smallest absolute Gasteiger partial charge is 0.265 e. The molecule has 1 aliphatic heterocycles. The van der Waals surface area contributed by atoms with Crippen molar-refractivity contribution in [2.45, 2.75) is 6.92 Å². The maximum atomic E-state index is 12.0. The van der Waals surface area contributed by atoms with Crippen LogP contribution in [0.5, 0.6) is 0 Å². The van der Waals surface area contributed by atoms with Crippen molar-refractivity contribution >= 4 is 21.6 Å². The van der Waals surface area contributed by atoms with Crippen molar-refractivity contribution in [3.63, 3.8) is 0 Å². The van der Waals surface area contributed by atoms with Gasteiger partial charge in [0.15, 0.2) is 9.84 Å². The van der Waals surface area contributed by atoms with E-state index in [0.29, 0.717) is 5.56 Å². The van der Waals surface area contributed by atoms with Gasteiger partial charge in [-0.3, -0.25) is 10.1 Å². The Kier molecular flexibility index (Phi) is 3.87. The molecular formula is C14H16N2O4S. The van der Waals surface area contributed by atoms with Gasteiger partial charge in [-0.05, 0) is 30.7 Å². The number of benzene rings is 1. The van der Waals surface area contributed by atoms with Gasteiger partial charge in [-0.2, -0.15) is 0 Å². The van der Waals surface area contributed by atoms with E-state index in [1.807, 2.05) is 31.1 Å². The lowest BCUT2D eigenvalue weighted by Crippen LogP contribution is -2.08. The van der Waals surface area contributed by atoms with Crippen LogP contribution < -0.4 is 4.90 Å². The highest BCUT2D eigenvalue weighted by atomic mass is 32.2. The fourth-order valence-corrected chi connectivity index (χ4v) is 3.89. The quantitative estimate of drug-likeness (QED) is 0.631. The second-order valence-electron chi connectivity index (χ2n) is 5.08. The summed E-state index contributed by atoms with van der Waals surface area (Å²) in [5, 5.41) is 10.9. The Morgan fingerprint density at radius 1 is 1.24 bits per heavy atom. The number of sulfone groups is 1. The number of rotatable bonds is 3. The number of allylic oxidation sites excluding steroid dienone is 1. The highest BCUT2D eigenvalue weighted by Crippen LogP contribution is 2.32. The number of anilines is 1. The molecule has 1 heterocycles. The van der Waals surface area contributed by atoms with Gasteiger partial charge in [0.25, 0.3) is 5.70 Å². The third-order valence-electron chi connectivity index (χ3n) is 3.39. The molecular weight excluding hydrogens is 292 g/mol. The summed E-state index contributed by atoms with van der Waals surface area (Å²) in [7, 11) is 0.196. The third kappa shape index (κ3) is 2.97. The molecule has 7 heteroatoms. The van der Waals surface area contributed by atoms with Crippen molar-refractivity contribution in [1.29, 1.82) is 0 Å². The van der Waals surface area contributed by atoms with Crippen molar-refractivity contribution < 1.29 is 13.3 Å². The highest BCUT2D eigenvalue weighted by Gasteiger charge is 2.38. The van der Waals surface area contributed by atoms with E-state index in [4.69, 9.17) is 0 Å². The van der Waals surface area contributed by atoms with E-state index in [2.05, 4.69) is 0 Å². The van der Waals surface area contributed by atoms with Crippen LogP contribution in [0.4, 0.5) is 5.69 Å². The zero-order chi connectivity index (χ0) is 15.8. The Morgan fingerprint density at radius 3 is 2.24 bits per heavy atom. The number of hydrogen-bond acceptors (Lipinski definition) is 5. The normalized spacial score (nSPS) is 19.1. The topological polar surface area (TPSA) is 80.5 Å². The molecule has 0 radical (unpaired) electrons. The van der Waals surface area contributed by atoms with E-state index >= 15 is 0 Å². The van der Waals surface area contributed by atoms with Gasteiger partial charge in [0.05, 0.1) is 9.83 Å². The van der Waals surface area contributed by atoms with E-state index < -0.39 is 20.5 Å². The van der Waals surface area contributed by atoms with E-state index in [0.717, 1.165) is 5.69 Å². The molecule has 0 aromatic heterocycles. The van der Waals surface area contributed by atoms with Crippen LogP contribution >= 0.6 is 0 Å². The van der Waals surface area contributed by atoms with E-state index in [9.17, 15) is 18.5 Å². The molecule has 0 amide bonds. The molecule has 0 spiro atoms. The second kappa shape index (κ2) is 5.33. The predicted molar refractivity (Wildman–Crippen MR) is 82.2 cm³/mol. The van der Waals surface area contributed by atoms with Crippen molar-refractivity contribution in [3.05, 3.63) is 56.1 Å². The van der Waals surface area contributed by atoms with Crippen LogP contribution in [0.25, 0.3) is 6.08 Å². The average Bonchev–Trinajstić information content (AvgIpc) is 2.63. The molecule has 0 unspecified atom stereocenters. The summed E-state index contributed by atoms with van der Waals surface area (Å²) in [4.78, 5) is 12.2. The first kappa shape index (κ1) is 15.2. The van der Waals surface area contributed by atoms with Crippen LogP contribution in [0.3, 0.4) is 0 Å². The van der Waals surface area contributed by atoms with Gasteiger partial charge in [0.1, 0.15) is 5.75 Å². The predicted octanol–water partition coefficient (Wildman–Crippen LogP) is 2.07. The summed E-state index contributed by atoms with van der Waals surface area (Å²) >= 11 is 0. The lowest BCUT2D eigenvalue weighted by Gasteiger charge is -2.12. The van der Waals surface area contributed by atoms with Gasteiger partial charge in [0.2, 0.25) is 0 Å². The standard InChI is InChI=1S/C14H16N2O4S/c1-10-13(16(17)18)9-21(19,20)14(10)8-11-4-6-12(7-5-11)15(2)3/h4-8H,9H2,1-3H3/b14-8-. The molecule has 21 heavy (non-hydrogen) atoms. The minimum absolute atomic E-state index is 0.0341.